The topological polar surface area (TPSA) is 29.5 Å². The summed E-state index contributed by atoms with van der Waals surface area (Å²) in [6.45, 7) is 4.31. The van der Waals surface area contributed by atoms with E-state index in [-0.39, 0.29) is 11.9 Å². The third-order valence-corrected chi connectivity index (χ3v) is 4.60. The molecule has 3 nitrogen and oxygen atoms in total. The van der Waals surface area contributed by atoms with Crippen molar-refractivity contribution in [3.05, 3.63) is 0 Å². The number of rotatable bonds is 3. The first-order valence-electron chi connectivity index (χ1n) is 7.06. The summed E-state index contributed by atoms with van der Waals surface area (Å²) in [4.78, 5) is 14.0. The molecule has 1 saturated carbocycles. The molecular weight excluding hydrogens is 214 g/mol. The van der Waals surface area contributed by atoms with Crippen LogP contribution in [0.25, 0.3) is 0 Å². The Morgan fingerprint density at radius 1 is 1.35 bits per heavy atom. The number of nitrogens with zero attached hydrogens (tertiary/aromatic N) is 1. The van der Waals surface area contributed by atoms with Gasteiger partial charge in [0.2, 0.25) is 0 Å². The zero-order valence-electron chi connectivity index (χ0n) is 11.2. The molecule has 0 amide bonds. The van der Waals surface area contributed by atoms with Crippen molar-refractivity contribution in [1.82, 2.24) is 4.90 Å². The lowest BCUT2D eigenvalue weighted by molar-refractivity contribution is -0.145. The van der Waals surface area contributed by atoms with Crippen molar-refractivity contribution in [2.24, 2.45) is 11.8 Å². The molecule has 3 atom stereocenters. The minimum absolute atomic E-state index is 0.0182. The van der Waals surface area contributed by atoms with Gasteiger partial charge in [0.1, 0.15) is 0 Å². The fourth-order valence-electron chi connectivity index (χ4n) is 3.44. The number of hydrogen-bond donors (Lipinski definition) is 0. The Morgan fingerprint density at radius 2 is 2.18 bits per heavy atom. The molecule has 1 aliphatic heterocycles. The Morgan fingerprint density at radius 3 is 2.88 bits per heavy atom. The highest BCUT2D eigenvalue weighted by molar-refractivity contribution is 5.72. The van der Waals surface area contributed by atoms with Crippen LogP contribution in [0.1, 0.15) is 45.4 Å². The largest absolute Gasteiger partial charge is 0.469 e. The van der Waals surface area contributed by atoms with Crippen molar-refractivity contribution in [2.45, 2.75) is 51.5 Å². The maximum atomic E-state index is 11.5. The highest BCUT2D eigenvalue weighted by atomic mass is 16.5. The van der Waals surface area contributed by atoms with Crippen molar-refractivity contribution in [3.63, 3.8) is 0 Å². The molecule has 0 bridgehead atoms. The molecule has 3 unspecified atom stereocenters. The van der Waals surface area contributed by atoms with Crippen LogP contribution in [0.15, 0.2) is 0 Å². The smallest absolute Gasteiger partial charge is 0.310 e. The molecular formula is C14H25NO2. The summed E-state index contributed by atoms with van der Waals surface area (Å²) in [5.41, 5.74) is 0. The highest BCUT2D eigenvalue weighted by Gasteiger charge is 2.34. The molecule has 0 spiro atoms. The minimum atomic E-state index is -0.0182. The first kappa shape index (κ1) is 12.9. The summed E-state index contributed by atoms with van der Waals surface area (Å²) in [5.74, 6) is 1.02. The van der Waals surface area contributed by atoms with E-state index in [1.807, 2.05) is 0 Å². The first-order chi connectivity index (χ1) is 8.24. The zero-order chi connectivity index (χ0) is 12.3. The van der Waals surface area contributed by atoms with E-state index in [4.69, 9.17) is 4.74 Å². The normalized spacial score (nSPS) is 34.8. The van der Waals surface area contributed by atoms with E-state index in [0.29, 0.717) is 0 Å². The van der Waals surface area contributed by atoms with E-state index in [0.717, 1.165) is 31.5 Å². The Hall–Kier alpha value is -0.570. The van der Waals surface area contributed by atoms with Gasteiger partial charge in [0, 0.05) is 12.6 Å². The SMILES string of the molecule is CCC1CCCC(N2CCC(C(=O)OC)C2)C1. The number of carbonyl (C=O) groups is 1. The molecule has 98 valence electrons. The van der Waals surface area contributed by atoms with Gasteiger partial charge in [0.05, 0.1) is 13.0 Å². The number of hydrogen-bond acceptors (Lipinski definition) is 3. The molecule has 0 N–H and O–H groups in total. The van der Waals surface area contributed by atoms with Crippen LogP contribution in [0.4, 0.5) is 0 Å². The lowest BCUT2D eigenvalue weighted by Gasteiger charge is -2.35. The number of methoxy groups -OCH3 is 1. The third-order valence-electron chi connectivity index (χ3n) is 4.60. The van der Waals surface area contributed by atoms with Crippen LogP contribution in [-0.4, -0.2) is 37.1 Å². The number of carbonyl (C=O) groups excluding carboxylic acids is 1. The van der Waals surface area contributed by atoms with Gasteiger partial charge in [-0.15, -0.1) is 0 Å². The van der Waals surface area contributed by atoms with Gasteiger partial charge in [-0.05, 0) is 31.7 Å². The van der Waals surface area contributed by atoms with E-state index < -0.39 is 0 Å². The van der Waals surface area contributed by atoms with Crippen LogP contribution in [0.3, 0.4) is 0 Å². The van der Waals surface area contributed by atoms with E-state index in [1.54, 1.807) is 0 Å². The second kappa shape index (κ2) is 5.85. The minimum Gasteiger partial charge on any atom is -0.469 e. The van der Waals surface area contributed by atoms with Gasteiger partial charge in [-0.25, -0.2) is 0 Å². The molecule has 0 aromatic rings. The molecule has 2 rings (SSSR count). The molecule has 0 aromatic carbocycles. The molecule has 2 aliphatic rings. The van der Waals surface area contributed by atoms with Crippen molar-refractivity contribution < 1.29 is 9.53 Å². The van der Waals surface area contributed by atoms with Crippen LogP contribution < -0.4 is 0 Å². The lowest BCUT2D eigenvalue weighted by atomic mass is 9.83. The quantitative estimate of drug-likeness (QED) is 0.709. The van der Waals surface area contributed by atoms with Gasteiger partial charge in [-0.2, -0.15) is 0 Å². The molecule has 0 aromatic heterocycles. The summed E-state index contributed by atoms with van der Waals surface area (Å²) in [5, 5.41) is 0. The molecule has 0 radical (unpaired) electrons. The van der Waals surface area contributed by atoms with Gasteiger partial charge in [-0.1, -0.05) is 26.2 Å². The van der Waals surface area contributed by atoms with E-state index in [1.165, 1.54) is 39.2 Å². The average Bonchev–Trinajstić information content (AvgIpc) is 2.87. The zero-order valence-corrected chi connectivity index (χ0v) is 11.2. The first-order valence-corrected chi connectivity index (χ1v) is 7.06. The lowest BCUT2D eigenvalue weighted by Crippen LogP contribution is -2.37. The summed E-state index contributed by atoms with van der Waals surface area (Å²) in [6.07, 6.45) is 7.73. The van der Waals surface area contributed by atoms with Crippen molar-refractivity contribution in [3.8, 4) is 0 Å². The monoisotopic (exact) mass is 239 g/mol. The van der Waals surface area contributed by atoms with Crippen molar-refractivity contribution in [1.29, 1.82) is 0 Å². The number of likely N-dealkylation sites (tertiary alicyclic amines) is 1. The van der Waals surface area contributed by atoms with Gasteiger partial charge >= 0.3 is 5.97 Å². The summed E-state index contributed by atoms with van der Waals surface area (Å²) >= 11 is 0. The maximum absolute atomic E-state index is 11.5. The molecule has 1 aliphatic carbocycles. The Labute approximate surface area is 105 Å². The average molecular weight is 239 g/mol. The van der Waals surface area contributed by atoms with Crippen LogP contribution in [0.2, 0.25) is 0 Å². The van der Waals surface area contributed by atoms with Crippen LogP contribution in [0, 0.1) is 11.8 Å². The van der Waals surface area contributed by atoms with Gasteiger partial charge in [0.15, 0.2) is 0 Å². The molecule has 1 saturated heterocycles. The van der Waals surface area contributed by atoms with Gasteiger partial charge in [0.25, 0.3) is 0 Å². The second-order valence-electron chi connectivity index (χ2n) is 5.60. The molecule has 3 heteroatoms. The Kier molecular flexibility index (Phi) is 4.43. The summed E-state index contributed by atoms with van der Waals surface area (Å²) < 4.78 is 4.85. The van der Waals surface area contributed by atoms with Gasteiger partial charge in [-0.3, -0.25) is 9.69 Å². The molecule has 17 heavy (non-hydrogen) atoms. The maximum Gasteiger partial charge on any atom is 0.310 e. The predicted molar refractivity (Wildman–Crippen MR) is 67.7 cm³/mol. The van der Waals surface area contributed by atoms with Crippen LogP contribution >= 0.6 is 0 Å². The Bertz CT molecular complexity index is 267. The van der Waals surface area contributed by atoms with E-state index in [9.17, 15) is 4.79 Å². The van der Waals surface area contributed by atoms with Gasteiger partial charge < -0.3 is 4.74 Å². The van der Waals surface area contributed by atoms with E-state index in [2.05, 4.69) is 11.8 Å². The summed E-state index contributed by atoms with van der Waals surface area (Å²) in [6, 6.07) is 0.725. The van der Waals surface area contributed by atoms with Crippen LogP contribution in [0.5, 0.6) is 0 Å². The van der Waals surface area contributed by atoms with E-state index >= 15 is 0 Å². The third kappa shape index (κ3) is 3.01. The summed E-state index contributed by atoms with van der Waals surface area (Å²) in [7, 11) is 1.50. The number of esters is 1. The highest BCUT2D eigenvalue weighted by Crippen LogP contribution is 2.32. The fourth-order valence-corrected chi connectivity index (χ4v) is 3.44. The van der Waals surface area contributed by atoms with Crippen molar-refractivity contribution >= 4 is 5.97 Å². The van der Waals surface area contributed by atoms with Crippen LogP contribution in [-0.2, 0) is 9.53 Å². The molecule has 1 heterocycles. The fraction of sp³-hybridized carbons (Fsp3) is 0.929. The predicted octanol–water partition coefficient (Wildman–Crippen LogP) is 2.45. The second-order valence-corrected chi connectivity index (χ2v) is 5.60. The van der Waals surface area contributed by atoms with Crippen molar-refractivity contribution in [2.75, 3.05) is 20.2 Å². The Balaban J connectivity index is 1.85. The number of ether oxygens (including phenoxy) is 1. The standard InChI is InChI=1S/C14H25NO2/c1-3-11-5-4-6-13(9-11)15-8-7-12(10-15)14(16)17-2/h11-13H,3-10H2,1-2H3. The molecule has 2 fully saturated rings.